The van der Waals surface area contributed by atoms with Gasteiger partial charge >= 0.3 is 5.97 Å². The summed E-state index contributed by atoms with van der Waals surface area (Å²) in [5.41, 5.74) is 0.148. The minimum Gasteiger partial charge on any atom is -0.488 e. The molecular weight excluding hydrogens is 236 g/mol. The Morgan fingerprint density at radius 2 is 2.00 bits per heavy atom. The van der Waals surface area contributed by atoms with Gasteiger partial charge in [0.25, 0.3) is 5.78 Å². The molecule has 1 aromatic rings. The van der Waals surface area contributed by atoms with Crippen molar-refractivity contribution >= 4 is 11.8 Å². The zero-order valence-corrected chi connectivity index (χ0v) is 9.80. The number of ether oxygens (including phenoxy) is 2. The van der Waals surface area contributed by atoms with E-state index in [1.807, 2.05) is 0 Å². The molecule has 1 aromatic carbocycles. The Balaban J connectivity index is 1.98. The van der Waals surface area contributed by atoms with Crippen LogP contribution in [0.25, 0.3) is 0 Å². The summed E-state index contributed by atoms with van der Waals surface area (Å²) in [5, 5.41) is 8.57. The lowest BCUT2D eigenvalue weighted by Crippen LogP contribution is -2.28. The Morgan fingerprint density at radius 1 is 1.28 bits per heavy atom. The molecule has 1 atom stereocenters. The molecule has 0 aromatic heterocycles. The van der Waals surface area contributed by atoms with Crippen LogP contribution in [0.1, 0.15) is 23.2 Å². The third-order valence-electron chi connectivity index (χ3n) is 2.73. The fourth-order valence-corrected chi connectivity index (χ4v) is 1.80. The summed E-state index contributed by atoms with van der Waals surface area (Å²) in [6, 6.07) is 6.11. The molecule has 96 valence electrons. The smallest absolute Gasteiger partial charge is 0.377 e. The number of carbonyl (C=O) groups is 2. The van der Waals surface area contributed by atoms with Gasteiger partial charge < -0.3 is 14.6 Å². The van der Waals surface area contributed by atoms with Crippen LogP contribution in [-0.4, -0.2) is 36.2 Å². The molecule has 18 heavy (non-hydrogen) atoms. The zero-order valence-electron chi connectivity index (χ0n) is 9.80. The molecule has 0 spiro atoms. The van der Waals surface area contributed by atoms with Gasteiger partial charge in [0, 0.05) is 12.2 Å². The number of hydrogen-bond acceptors (Lipinski definition) is 4. The zero-order chi connectivity index (χ0) is 13.0. The van der Waals surface area contributed by atoms with E-state index in [0.29, 0.717) is 12.4 Å². The van der Waals surface area contributed by atoms with Crippen LogP contribution in [0.2, 0.25) is 0 Å². The van der Waals surface area contributed by atoms with E-state index in [9.17, 15) is 9.59 Å². The molecule has 0 saturated carbocycles. The monoisotopic (exact) mass is 250 g/mol. The number of benzene rings is 1. The van der Waals surface area contributed by atoms with Gasteiger partial charge in [-0.2, -0.15) is 0 Å². The van der Waals surface area contributed by atoms with E-state index in [1.165, 1.54) is 12.1 Å². The van der Waals surface area contributed by atoms with Crippen molar-refractivity contribution in [3.63, 3.8) is 0 Å². The Hall–Kier alpha value is -1.88. The molecule has 2 rings (SSSR count). The van der Waals surface area contributed by atoms with Crippen LogP contribution >= 0.6 is 0 Å². The third kappa shape index (κ3) is 3.07. The lowest BCUT2D eigenvalue weighted by Gasteiger charge is -2.23. The Morgan fingerprint density at radius 3 is 2.56 bits per heavy atom. The van der Waals surface area contributed by atoms with Gasteiger partial charge in [-0.25, -0.2) is 4.79 Å². The largest absolute Gasteiger partial charge is 0.488 e. The first kappa shape index (κ1) is 12.6. The lowest BCUT2D eigenvalue weighted by atomic mass is 10.1. The number of carboxylic acids is 1. The fourth-order valence-electron chi connectivity index (χ4n) is 1.80. The third-order valence-corrected chi connectivity index (χ3v) is 2.73. The molecule has 5 heteroatoms. The van der Waals surface area contributed by atoms with Crippen molar-refractivity contribution in [1.82, 2.24) is 0 Å². The predicted molar refractivity (Wildman–Crippen MR) is 62.9 cm³/mol. The van der Waals surface area contributed by atoms with Gasteiger partial charge in [0.15, 0.2) is 0 Å². The van der Waals surface area contributed by atoms with E-state index in [4.69, 9.17) is 14.6 Å². The molecule has 0 radical (unpaired) electrons. The Labute approximate surface area is 104 Å². The van der Waals surface area contributed by atoms with E-state index in [0.717, 1.165) is 19.4 Å². The number of carboxylic acid groups (broad SMARTS) is 1. The molecular formula is C13H14O5. The number of ketones is 1. The molecule has 1 fully saturated rings. The number of Topliss-reactive ketones (excluding diaryl/α,β-unsaturated/α-hetero) is 1. The summed E-state index contributed by atoms with van der Waals surface area (Å²) < 4.78 is 11.0. The maximum Gasteiger partial charge on any atom is 0.377 e. The van der Waals surface area contributed by atoms with Crippen LogP contribution in [-0.2, 0) is 9.53 Å². The van der Waals surface area contributed by atoms with Crippen molar-refractivity contribution in [1.29, 1.82) is 0 Å². The number of carbonyl (C=O) groups excluding carboxylic acids is 1. The highest BCUT2D eigenvalue weighted by Crippen LogP contribution is 2.18. The summed E-state index contributed by atoms with van der Waals surface area (Å²) >= 11 is 0. The van der Waals surface area contributed by atoms with Gasteiger partial charge in [0.2, 0.25) is 0 Å². The topological polar surface area (TPSA) is 72.8 Å². The maximum absolute atomic E-state index is 11.2. The Kier molecular flexibility index (Phi) is 3.94. The van der Waals surface area contributed by atoms with Gasteiger partial charge in [0.1, 0.15) is 11.9 Å². The molecule has 1 saturated heterocycles. The average molecular weight is 250 g/mol. The predicted octanol–water partition coefficient (Wildman–Crippen LogP) is 1.51. The van der Waals surface area contributed by atoms with Crippen molar-refractivity contribution in [3.8, 4) is 5.75 Å². The summed E-state index contributed by atoms with van der Waals surface area (Å²) in [4.78, 5) is 21.7. The second-order valence-corrected chi connectivity index (χ2v) is 4.12. The van der Waals surface area contributed by atoms with Crippen LogP contribution in [0, 0.1) is 0 Å². The average Bonchev–Trinajstić information content (AvgIpc) is 2.40. The van der Waals surface area contributed by atoms with Gasteiger partial charge in [-0.05, 0) is 37.1 Å². The molecule has 1 N–H and O–H groups in total. The first-order valence-corrected chi connectivity index (χ1v) is 5.79. The van der Waals surface area contributed by atoms with Gasteiger partial charge in [-0.15, -0.1) is 0 Å². The van der Waals surface area contributed by atoms with Crippen LogP contribution in [0.5, 0.6) is 5.75 Å². The summed E-state index contributed by atoms with van der Waals surface area (Å²) in [6.07, 6.45) is 1.94. The highest BCUT2D eigenvalue weighted by atomic mass is 16.5. The summed E-state index contributed by atoms with van der Waals surface area (Å²) in [5.74, 6) is -1.75. The maximum atomic E-state index is 11.2. The van der Waals surface area contributed by atoms with Crippen LogP contribution in [0.3, 0.4) is 0 Å². The van der Waals surface area contributed by atoms with Crippen molar-refractivity contribution in [2.75, 3.05) is 13.2 Å². The quantitative estimate of drug-likeness (QED) is 0.647. The van der Waals surface area contributed by atoms with E-state index in [-0.39, 0.29) is 11.7 Å². The molecule has 1 heterocycles. The number of hydrogen-bond donors (Lipinski definition) is 1. The van der Waals surface area contributed by atoms with Crippen LogP contribution in [0.4, 0.5) is 0 Å². The minimum atomic E-state index is -1.45. The van der Waals surface area contributed by atoms with E-state index < -0.39 is 11.8 Å². The first-order chi connectivity index (χ1) is 8.66. The number of aliphatic carboxylic acids is 1. The molecule has 0 amide bonds. The lowest BCUT2D eigenvalue weighted by molar-refractivity contribution is -0.131. The van der Waals surface area contributed by atoms with Crippen LogP contribution < -0.4 is 4.74 Å². The standard InChI is InChI=1S/C13H14O5/c14-12(13(15)16)9-3-5-10(6-4-9)18-11-2-1-7-17-8-11/h3-6,11H,1-2,7-8H2,(H,15,16). The highest BCUT2D eigenvalue weighted by molar-refractivity contribution is 6.39. The molecule has 5 nitrogen and oxygen atoms in total. The molecule has 1 unspecified atom stereocenters. The first-order valence-electron chi connectivity index (χ1n) is 5.79. The van der Waals surface area contributed by atoms with Crippen molar-refractivity contribution < 1.29 is 24.2 Å². The summed E-state index contributed by atoms with van der Waals surface area (Å²) in [7, 11) is 0. The van der Waals surface area contributed by atoms with Crippen molar-refractivity contribution in [3.05, 3.63) is 29.8 Å². The molecule has 1 aliphatic rings. The van der Waals surface area contributed by atoms with Gasteiger partial charge in [0.05, 0.1) is 6.61 Å². The van der Waals surface area contributed by atoms with Crippen molar-refractivity contribution in [2.45, 2.75) is 18.9 Å². The van der Waals surface area contributed by atoms with E-state index in [2.05, 4.69) is 0 Å². The fraction of sp³-hybridized carbons (Fsp3) is 0.385. The second-order valence-electron chi connectivity index (χ2n) is 4.12. The SMILES string of the molecule is O=C(O)C(=O)c1ccc(OC2CCCOC2)cc1. The van der Waals surface area contributed by atoms with Crippen molar-refractivity contribution in [2.24, 2.45) is 0 Å². The number of rotatable bonds is 4. The molecule has 0 bridgehead atoms. The van der Waals surface area contributed by atoms with Crippen LogP contribution in [0.15, 0.2) is 24.3 Å². The van der Waals surface area contributed by atoms with Gasteiger partial charge in [-0.3, -0.25) is 4.79 Å². The van der Waals surface area contributed by atoms with E-state index >= 15 is 0 Å². The minimum absolute atomic E-state index is 0.0276. The van der Waals surface area contributed by atoms with E-state index in [1.54, 1.807) is 12.1 Å². The molecule has 0 aliphatic carbocycles. The normalized spacial score (nSPS) is 19.2. The summed E-state index contributed by atoms with van der Waals surface area (Å²) in [6.45, 7) is 1.34. The Bertz CT molecular complexity index is 431. The highest BCUT2D eigenvalue weighted by Gasteiger charge is 2.17. The van der Waals surface area contributed by atoms with Gasteiger partial charge in [-0.1, -0.05) is 0 Å². The second kappa shape index (κ2) is 5.64. The molecule has 1 aliphatic heterocycles.